The molecule has 0 radical (unpaired) electrons. The van der Waals surface area contributed by atoms with Crippen LogP contribution in [0.15, 0.2) is 77.7 Å². The van der Waals surface area contributed by atoms with Crippen molar-refractivity contribution in [3.8, 4) is 5.75 Å². The molecule has 0 bridgehead atoms. The summed E-state index contributed by atoms with van der Waals surface area (Å²) in [6.45, 7) is -0.218. The second-order valence-corrected chi connectivity index (χ2v) is 9.73. The van der Waals surface area contributed by atoms with Gasteiger partial charge in [0.05, 0.1) is 4.90 Å². The van der Waals surface area contributed by atoms with Crippen molar-refractivity contribution >= 4 is 30.9 Å². The molecular weight excluding hydrogens is 386 g/mol. The lowest BCUT2D eigenvalue weighted by Gasteiger charge is -2.17. The largest absolute Gasteiger partial charge is 0.382 e. The summed E-state index contributed by atoms with van der Waals surface area (Å²) < 4.78 is 55.7. The van der Waals surface area contributed by atoms with Crippen LogP contribution in [-0.4, -0.2) is 40.5 Å². The SMILES string of the molecule is CN(CCS(=O)(=O)Oc1ccccc1)S(=O)(=O)c1ccc2ccccc2c1. The van der Waals surface area contributed by atoms with Crippen LogP contribution >= 0.6 is 0 Å². The van der Waals surface area contributed by atoms with Gasteiger partial charge in [-0.15, -0.1) is 0 Å². The minimum absolute atomic E-state index is 0.116. The van der Waals surface area contributed by atoms with Crippen molar-refractivity contribution in [2.75, 3.05) is 19.3 Å². The van der Waals surface area contributed by atoms with Crippen LogP contribution in [0.1, 0.15) is 0 Å². The van der Waals surface area contributed by atoms with Gasteiger partial charge in [0, 0.05) is 13.6 Å². The van der Waals surface area contributed by atoms with E-state index in [9.17, 15) is 16.8 Å². The summed E-state index contributed by atoms with van der Waals surface area (Å²) in [4.78, 5) is 0.116. The molecule has 0 aliphatic heterocycles. The quantitative estimate of drug-likeness (QED) is 0.565. The normalized spacial score (nSPS) is 12.4. The highest BCUT2D eigenvalue weighted by atomic mass is 32.2. The molecule has 0 saturated carbocycles. The van der Waals surface area contributed by atoms with Crippen molar-refractivity contribution in [2.24, 2.45) is 0 Å². The predicted octanol–water partition coefficient (Wildman–Crippen LogP) is 2.87. The summed E-state index contributed by atoms with van der Waals surface area (Å²) in [6.07, 6.45) is 0. The van der Waals surface area contributed by atoms with E-state index in [1.54, 1.807) is 30.3 Å². The van der Waals surface area contributed by atoms with Crippen molar-refractivity contribution in [1.29, 1.82) is 0 Å². The van der Waals surface area contributed by atoms with Crippen LogP contribution in [0.25, 0.3) is 10.8 Å². The smallest absolute Gasteiger partial charge is 0.310 e. The van der Waals surface area contributed by atoms with Crippen LogP contribution in [-0.2, 0) is 20.1 Å². The Morgan fingerprint density at radius 2 is 1.44 bits per heavy atom. The van der Waals surface area contributed by atoms with Crippen molar-refractivity contribution in [1.82, 2.24) is 4.31 Å². The Kier molecular flexibility index (Phi) is 5.50. The number of sulfonamides is 1. The number of hydrogen-bond acceptors (Lipinski definition) is 5. The van der Waals surface area contributed by atoms with E-state index in [-0.39, 0.29) is 17.2 Å². The molecule has 0 heterocycles. The van der Waals surface area contributed by atoms with Crippen LogP contribution < -0.4 is 4.18 Å². The standard InChI is InChI=1S/C19H19NO5S2/c1-20(13-14-26(21,22)25-18-9-3-2-4-10-18)27(23,24)19-12-11-16-7-5-6-8-17(16)15-19/h2-12,15H,13-14H2,1H3. The molecule has 0 saturated heterocycles. The van der Waals surface area contributed by atoms with Crippen LogP contribution in [0.2, 0.25) is 0 Å². The second-order valence-electron chi connectivity index (χ2n) is 5.99. The molecule has 6 nitrogen and oxygen atoms in total. The molecule has 27 heavy (non-hydrogen) atoms. The maximum Gasteiger partial charge on any atom is 0.310 e. The van der Waals surface area contributed by atoms with Gasteiger partial charge in [-0.25, -0.2) is 8.42 Å². The molecule has 8 heteroatoms. The first kappa shape index (κ1) is 19.3. The van der Waals surface area contributed by atoms with Gasteiger partial charge in [-0.1, -0.05) is 48.5 Å². The Morgan fingerprint density at radius 3 is 2.15 bits per heavy atom. The zero-order chi connectivity index (χ0) is 19.5. The van der Waals surface area contributed by atoms with Gasteiger partial charge in [-0.05, 0) is 35.0 Å². The lowest BCUT2D eigenvalue weighted by molar-refractivity contribution is 0.461. The Balaban J connectivity index is 1.73. The van der Waals surface area contributed by atoms with E-state index in [4.69, 9.17) is 4.18 Å². The van der Waals surface area contributed by atoms with Gasteiger partial charge >= 0.3 is 10.1 Å². The van der Waals surface area contributed by atoms with Crippen LogP contribution in [0, 0.1) is 0 Å². The number of benzene rings is 3. The number of fused-ring (bicyclic) bond motifs is 1. The molecule has 142 valence electrons. The van der Waals surface area contributed by atoms with Gasteiger partial charge in [0.2, 0.25) is 10.0 Å². The van der Waals surface area contributed by atoms with Crippen LogP contribution in [0.3, 0.4) is 0 Å². The van der Waals surface area contributed by atoms with E-state index in [2.05, 4.69) is 0 Å². The lowest BCUT2D eigenvalue weighted by atomic mass is 10.1. The minimum Gasteiger partial charge on any atom is -0.382 e. The molecule has 3 aromatic carbocycles. The molecule has 0 atom stereocenters. The second kappa shape index (κ2) is 7.67. The Hall–Kier alpha value is -2.42. The number of nitrogens with zero attached hydrogens (tertiary/aromatic N) is 1. The van der Waals surface area contributed by atoms with E-state index in [1.807, 2.05) is 24.3 Å². The first-order valence-corrected chi connectivity index (χ1v) is 11.2. The van der Waals surface area contributed by atoms with Gasteiger partial charge in [-0.3, -0.25) is 0 Å². The molecule has 0 fully saturated rings. The van der Waals surface area contributed by atoms with Gasteiger partial charge < -0.3 is 4.18 Å². The summed E-state index contributed by atoms with van der Waals surface area (Å²) in [7, 11) is -6.38. The fraction of sp³-hybridized carbons (Fsp3) is 0.158. The summed E-state index contributed by atoms with van der Waals surface area (Å²) in [5, 5.41) is 1.73. The Bertz CT molecular complexity index is 1140. The molecule has 3 rings (SSSR count). The zero-order valence-electron chi connectivity index (χ0n) is 14.6. The molecule has 0 aliphatic rings. The number of hydrogen-bond donors (Lipinski definition) is 0. The zero-order valence-corrected chi connectivity index (χ0v) is 16.3. The van der Waals surface area contributed by atoms with Crippen molar-refractivity contribution < 1.29 is 21.0 Å². The number of rotatable bonds is 7. The lowest BCUT2D eigenvalue weighted by Crippen LogP contribution is -2.32. The molecule has 0 aliphatic carbocycles. The minimum atomic E-state index is -3.91. The fourth-order valence-electron chi connectivity index (χ4n) is 2.53. The third kappa shape index (κ3) is 4.65. The summed E-state index contributed by atoms with van der Waals surface area (Å²) >= 11 is 0. The first-order chi connectivity index (χ1) is 12.8. The Morgan fingerprint density at radius 1 is 0.815 bits per heavy atom. The average Bonchev–Trinajstić information content (AvgIpc) is 2.66. The van der Waals surface area contributed by atoms with E-state index < -0.39 is 25.9 Å². The van der Waals surface area contributed by atoms with Crippen LogP contribution in [0.4, 0.5) is 0 Å². The van der Waals surface area contributed by atoms with E-state index in [1.165, 1.54) is 25.2 Å². The monoisotopic (exact) mass is 405 g/mol. The molecule has 0 unspecified atom stereocenters. The van der Waals surface area contributed by atoms with E-state index >= 15 is 0 Å². The van der Waals surface area contributed by atoms with E-state index in [0.29, 0.717) is 0 Å². The summed E-state index contributed by atoms with van der Waals surface area (Å²) in [5.41, 5.74) is 0. The topological polar surface area (TPSA) is 80.8 Å². The van der Waals surface area contributed by atoms with E-state index in [0.717, 1.165) is 15.1 Å². The van der Waals surface area contributed by atoms with Crippen molar-refractivity contribution in [3.63, 3.8) is 0 Å². The van der Waals surface area contributed by atoms with Gasteiger partial charge in [0.1, 0.15) is 11.5 Å². The summed E-state index contributed by atoms with van der Waals surface area (Å²) in [5.74, 6) is -0.261. The maximum atomic E-state index is 12.7. The fourth-order valence-corrected chi connectivity index (χ4v) is 4.84. The maximum absolute atomic E-state index is 12.7. The molecular formula is C19H19NO5S2. The number of para-hydroxylation sites is 1. The predicted molar refractivity (Wildman–Crippen MR) is 105 cm³/mol. The molecule has 0 N–H and O–H groups in total. The third-order valence-corrected chi connectivity index (χ3v) is 7.03. The van der Waals surface area contributed by atoms with Gasteiger partial charge in [0.15, 0.2) is 0 Å². The average molecular weight is 405 g/mol. The molecule has 0 aromatic heterocycles. The molecule has 3 aromatic rings. The molecule has 0 spiro atoms. The highest BCUT2D eigenvalue weighted by Crippen LogP contribution is 2.21. The van der Waals surface area contributed by atoms with Gasteiger partial charge in [-0.2, -0.15) is 12.7 Å². The summed E-state index contributed by atoms with van der Waals surface area (Å²) in [6, 6.07) is 20.3. The highest BCUT2D eigenvalue weighted by molar-refractivity contribution is 7.89. The van der Waals surface area contributed by atoms with Gasteiger partial charge in [0.25, 0.3) is 0 Å². The third-order valence-electron chi connectivity index (χ3n) is 4.05. The Labute approximate surface area is 159 Å². The van der Waals surface area contributed by atoms with Crippen molar-refractivity contribution in [3.05, 3.63) is 72.8 Å². The first-order valence-electron chi connectivity index (χ1n) is 8.20. The highest BCUT2D eigenvalue weighted by Gasteiger charge is 2.23. The molecule has 0 amide bonds. The van der Waals surface area contributed by atoms with Crippen LogP contribution in [0.5, 0.6) is 5.75 Å². The van der Waals surface area contributed by atoms with Crippen molar-refractivity contribution in [2.45, 2.75) is 4.90 Å².